The van der Waals surface area contributed by atoms with Gasteiger partial charge in [0.05, 0.1) is 19.3 Å². The summed E-state index contributed by atoms with van der Waals surface area (Å²) in [6, 6.07) is 0. The highest BCUT2D eigenvalue weighted by molar-refractivity contribution is 4.75. The molecule has 1 rings (SSSR count). The summed E-state index contributed by atoms with van der Waals surface area (Å²) in [7, 11) is 0. The quantitative estimate of drug-likeness (QED) is 0.640. The summed E-state index contributed by atoms with van der Waals surface area (Å²) < 4.78 is 11.0. The Hall–Kier alpha value is -0.160. The molecule has 0 amide bonds. The van der Waals surface area contributed by atoms with Crippen molar-refractivity contribution in [2.75, 3.05) is 13.2 Å². The third-order valence-electron chi connectivity index (χ3n) is 2.02. The second kappa shape index (κ2) is 3.70. The van der Waals surface area contributed by atoms with E-state index in [0.29, 0.717) is 13.2 Å². The van der Waals surface area contributed by atoms with Gasteiger partial charge in [0.15, 0.2) is 5.79 Å². The van der Waals surface area contributed by atoms with E-state index in [2.05, 4.69) is 4.84 Å². The van der Waals surface area contributed by atoms with Gasteiger partial charge in [-0.25, -0.2) is 5.90 Å². The van der Waals surface area contributed by atoms with Crippen LogP contribution in [-0.2, 0) is 14.3 Å². The standard InChI is InChI=1S/C8H17NO3/c1-6(4-11-9)7-5-10-8(2,3)12-7/h6-7H,4-5,9H2,1-3H3. The minimum atomic E-state index is -0.451. The maximum atomic E-state index is 5.61. The van der Waals surface area contributed by atoms with Crippen LogP contribution in [-0.4, -0.2) is 25.1 Å². The summed E-state index contributed by atoms with van der Waals surface area (Å²) in [4.78, 5) is 4.55. The van der Waals surface area contributed by atoms with Crippen molar-refractivity contribution in [3.05, 3.63) is 0 Å². The van der Waals surface area contributed by atoms with Crippen LogP contribution in [0.5, 0.6) is 0 Å². The van der Waals surface area contributed by atoms with E-state index in [0.717, 1.165) is 0 Å². The average Bonchev–Trinajstić information content (AvgIpc) is 2.31. The Morgan fingerprint density at radius 2 is 2.33 bits per heavy atom. The highest BCUT2D eigenvalue weighted by atomic mass is 16.7. The summed E-state index contributed by atoms with van der Waals surface area (Å²) in [6.45, 7) is 6.97. The molecule has 0 bridgehead atoms. The van der Waals surface area contributed by atoms with Crippen molar-refractivity contribution in [3.63, 3.8) is 0 Å². The lowest BCUT2D eigenvalue weighted by atomic mass is 10.1. The van der Waals surface area contributed by atoms with Gasteiger partial charge in [-0.15, -0.1) is 0 Å². The van der Waals surface area contributed by atoms with Gasteiger partial charge in [-0.3, -0.25) is 0 Å². The molecule has 1 fully saturated rings. The zero-order chi connectivity index (χ0) is 9.19. The monoisotopic (exact) mass is 175 g/mol. The van der Waals surface area contributed by atoms with Gasteiger partial charge in [0, 0.05) is 5.92 Å². The highest BCUT2D eigenvalue weighted by Crippen LogP contribution is 2.26. The van der Waals surface area contributed by atoms with E-state index in [9.17, 15) is 0 Å². The molecule has 0 aliphatic carbocycles. The van der Waals surface area contributed by atoms with Gasteiger partial charge in [-0.1, -0.05) is 6.92 Å². The number of ether oxygens (including phenoxy) is 2. The maximum Gasteiger partial charge on any atom is 0.163 e. The lowest BCUT2D eigenvalue weighted by molar-refractivity contribution is -0.146. The fourth-order valence-corrected chi connectivity index (χ4v) is 1.25. The zero-order valence-electron chi connectivity index (χ0n) is 7.87. The number of hydrogen-bond acceptors (Lipinski definition) is 4. The summed E-state index contributed by atoms with van der Waals surface area (Å²) in [5.74, 6) is 4.79. The zero-order valence-corrected chi connectivity index (χ0v) is 7.87. The first-order chi connectivity index (χ1) is 5.55. The molecule has 4 nitrogen and oxygen atoms in total. The second-order valence-corrected chi connectivity index (χ2v) is 3.68. The molecule has 0 spiro atoms. The summed E-state index contributed by atoms with van der Waals surface area (Å²) in [5.41, 5.74) is 0. The smallest absolute Gasteiger partial charge is 0.163 e. The minimum Gasteiger partial charge on any atom is -0.348 e. The van der Waals surface area contributed by atoms with Crippen molar-refractivity contribution in [1.29, 1.82) is 0 Å². The third kappa shape index (κ3) is 2.42. The predicted molar refractivity (Wildman–Crippen MR) is 44.2 cm³/mol. The Bertz CT molecular complexity index is 149. The molecule has 2 atom stereocenters. The highest BCUT2D eigenvalue weighted by Gasteiger charge is 2.35. The fourth-order valence-electron chi connectivity index (χ4n) is 1.25. The van der Waals surface area contributed by atoms with Crippen LogP contribution in [0.4, 0.5) is 0 Å². The molecule has 4 heteroatoms. The second-order valence-electron chi connectivity index (χ2n) is 3.68. The molecule has 0 aromatic carbocycles. The molecular formula is C8H17NO3. The Kier molecular flexibility index (Phi) is 3.06. The van der Waals surface area contributed by atoms with Crippen molar-refractivity contribution in [2.45, 2.75) is 32.7 Å². The molecule has 2 unspecified atom stereocenters. The number of nitrogens with two attached hydrogens (primary N) is 1. The predicted octanol–water partition coefficient (Wildman–Crippen LogP) is 0.664. The first-order valence-electron chi connectivity index (χ1n) is 4.18. The molecule has 0 aromatic heterocycles. The maximum absolute atomic E-state index is 5.61. The SMILES string of the molecule is CC(CON)C1COC(C)(C)O1. The third-order valence-corrected chi connectivity index (χ3v) is 2.02. The van der Waals surface area contributed by atoms with Gasteiger partial charge in [0.1, 0.15) is 0 Å². The van der Waals surface area contributed by atoms with Gasteiger partial charge in [-0.2, -0.15) is 0 Å². The molecule has 12 heavy (non-hydrogen) atoms. The van der Waals surface area contributed by atoms with Crippen LogP contribution in [0.3, 0.4) is 0 Å². The first-order valence-corrected chi connectivity index (χ1v) is 4.18. The van der Waals surface area contributed by atoms with Gasteiger partial charge >= 0.3 is 0 Å². The Morgan fingerprint density at radius 1 is 1.67 bits per heavy atom. The van der Waals surface area contributed by atoms with E-state index in [1.165, 1.54) is 0 Å². The molecule has 1 aliphatic rings. The summed E-state index contributed by atoms with van der Waals surface area (Å²) in [5, 5.41) is 0. The van der Waals surface area contributed by atoms with E-state index in [4.69, 9.17) is 15.4 Å². The Morgan fingerprint density at radius 3 is 2.75 bits per heavy atom. The minimum absolute atomic E-state index is 0.101. The van der Waals surface area contributed by atoms with Gasteiger partial charge < -0.3 is 14.3 Å². The number of rotatable bonds is 3. The van der Waals surface area contributed by atoms with Crippen LogP contribution >= 0.6 is 0 Å². The van der Waals surface area contributed by atoms with Gasteiger partial charge in [-0.05, 0) is 13.8 Å². The molecular weight excluding hydrogens is 158 g/mol. The van der Waals surface area contributed by atoms with Crippen LogP contribution < -0.4 is 5.90 Å². The normalized spacial score (nSPS) is 30.5. The molecule has 0 saturated carbocycles. The fraction of sp³-hybridized carbons (Fsp3) is 1.00. The van der Waals surface area contributed by atoms with Crippen molar-refractivity contribution >= 4 is 0 Å². The van der Waals surface area contributed by atoms with Crippen LogP contribution in [0.2, 0.25) is 0 Å². The molecule has 0 aromatic rings. The average molecular weight is 175 g/mol. The van der Waals surface area contributed by atoms with E-state index in [1.54, 1.807) is 0 Å². The van der Waals surface area contributed by atoms with E-state index >= 15 is 0 Å². The van der Waals surface area contributed by atoms with Gasteiger partial charge in [0.2, 0.25) is 0 Å². The van der Waals surface area contributed by atoms with E-state index in [-0.39, 0.29) is 12.0 Å². The van der Waals surface area contributed by atoms with Crippen LogP contribution in [0.15, 0.2) is 0 Å². The lowest BCUT2D eigenvalue weighted by Gasteiger charge is -2.20. The molecule has 1 saturated heterocycles. The molecule has 72 valence electrons. The van der Waals surface area contributed by atoms with Crippen molar-refractivity contribution in [2.24, 2.45) is 11.8 Å². The molecule has 0 radical (unpaired) electrons. The van der Waals surface area contributed by atoms with Crippen LogP contribution in [0.25, 0.3) is 0 Å². The van der Waals surface area contributed by atoms with E-state index in [1.807, 2.05) is 20.8 Å². The molecule has 1 aliphatic heterocycles. The van der Waals surface area contributed by atoms with Crippen molar-refractivity contribution in [3.8, 4) is 0 Å². The van der Waals surface area contributed by atoms with Crippen molar-refractivity contribution < 1.29 is 14.3 Å². The number of hydrogen-bond donors (Lipinski definition) is 1. The van der Waals surface area contributed by atoms with Crippen LogP contribution in [0, 0.1) is 5.92 Å². The topological polar surface area (TPSA) is 53.7 Å². The first kappa shape index (κ1) is 9.92. The summed E-state index contributed by atoms with van der Waals surface area (Å²) >= 11 is 0. The lowest BCUT2D eigenvalue weighted by Crippen LogP contribution is -2.28. The Labute approximate surface area is 72.9 Å². The molecule has 1 heterocycles. The largest absolute Gasteiger partial charge is 0.348 e. The van der Waals surface area contributed by atoms with Crippen molar-refractivity contribution in [1.82, 2.24) is 0 Å². The molecule has 2 N–H and O–H groups in total. The van der Waals surface area contributed by atoms with E-state index < -0.39 is 5.79 Å². The van der Waals surface area contributed by atoms with Gasteiger partial charge in [0.25, 0.3) is 0 Å². The summed E-state index contributed by atoms with van der Waals surface area (Å²) in [6.07, 6.45) is 0.101. The van der Waals surface area contributed by atoms with Crippen LogP contribution in [0.1, 0.15) is 20.8 Å². The Balaban J connectivity index is 2.36.